The minimum absolute atomic E-state index is 0.0452. The molecule has 2 heterocycles. The predicted molar refractivity (Wildman–Crippen MR) is 139 cm³/mol. The van der Waals surface area contributed by atoms with Gasteiger partial charge in [-0.3, -0.25) is 14.4 Å². The molecule has 9 nitrogen and oxygen atoms in total. The molecular formula is C28H34F2N4O5. The van der Waals surface area contributed by atoms with Crippen LogP contribution in [0.5, 0.6) is 11.5 Å². The van der Waals surface area contributed by atoms with E-state index in [-0.39, 0.29) is 48.0 Å². The van der Waals surface area contributed by atoms with Gasteiger partial charge in [-0.05, 0) is 55.0 Å². The van der Waals surface area contributed by atoms with Gasteiger partial charge in [-0.25, -0.2) is 4.98 Å². The molecule has 0 spiro atoms. The molecule has 210 valence electrons. The summed E-state index contributed by atoms with van der Waals surface area (Å²) in [4.78, 5) is 45.3. The zero-order valence-electron chi connectivity index (χ0n) is 22.6. The molecule has 1 aromatic carbocycles. The van der Waals surface area contributed by atoms with Crippen molar-refractivity contribution in [1.82, 2.24) is 20.1 Å². The molecule has 39 heavy (non-hydrogen) atoms. The number of rotatable bonds is 10. The van der Waals surface area contributed by atoms with Crippen LogP contribution in [0.15, 0.2) is 36.4 Å². The van der Waals surface area contributed by atoms with Crippen molar-refractivity contribution in [3.05, 3.63) is 53.3 Å². The second-order valence-electron chi connectivity index (χ2n) is 10.7. The molecule has 1 aromatic heterocycles. The number of halogens is 2. The summed E-state index contributed by atoms with van der Waals surface area (Å²) in [6.45, 7) is 1.13. The zero-order chi connectivity index (χ0) is 28.3. The Morgan fingerprint density at radius 1 is 1.18 bits per heavy atom. The maximum absolute atomic E-state index is 13.3. The van der Waals surface area contributed by atoms with E-state index in [1.165, 1.54) is 22.8 Å². The number of benzene rings is 1. The number of hydrogen-bond donors (Lipinski definition) is 1. The lowest BCUT2D eigenvalue weighted by atomic mass is 9.80. The summed E-state index contributed by atoms with van der Waals surface area (Å²) in [5.41, 5.74) is 0.904. The molecule has 2 atom stereocenters. The van der Waals surface area contributed by atoms with Gasteiger partial charge in [-0.1, -0.05) is 19.1 Å². The molecule has 1 saturated heterocycles. The highest BCUT2D eigenvalue weighted by Crippen LogP contribution is 2.42. The number of hydrogen-bond acceptors (Lipinski definition) is 6. The van der Waals surface area contributed by atoms with Crippen LogP contribution in [0.3, 0.4) is 0 Å². The Balaban J connectivity index is 1.50. The van der Waals surface area contributed by atoms with Crippen LogP contribution in [0, 0.1) is 5.92 Å². The average molecular weight is 545 g/mol. The van der Waals surface area contributed by atoms with E-state index >= 15 is 0 Å². The van der Waals surface area contributed by atoms with Crippen molar-refractivity contribution in [1.29, 1.82) is 0 Å². The summed E-state index contributed by atoms with van der Waals surface area (Å²) < 4.78 is 36.4. The number of aromatic nitrogens is 1. The number of likely N-dealkylation sites (tertiary alicyclic amines) is 1. The van der Waals surface area contributed by atoms with Crippen LogP contribution in [-0.2, 0) is 21.5 Å². The molecule has 0 bridgehead atoms. The van der Waals surface area contributed by atoms with Crippen molar-refractivity contribution in [2.45, 2.75) is 57.7 Å². The Hall–Kier alpha value is -3.76. The molecule has 0 radical (unpaired) electrons. The summed E-state index contributed by atoms with van der Waals surface area (Å²) in [7, 11) is 3.26. The lowest BCUT2D eigenvalue weighted by Gasteiger charge is -2.26. The first-order valence-electron chi connectivity index (χ1n) is 12.9. The Labute approximate surface area is 226 Å². The predicted octanol–water partition coefficient (Wildman–Crippen LogP) is 3.37. The molecule has 2 fully saturated rings. The van der Waals surface area contributed by atoms with Crippen molar-refractivity contribution >= 4 is 17.7 Å². The van der Waals surface area contributed by atoms with Crippen LogP contribution >= 0.6 is 0 Å². The summed E-state index contributed by atoms with van der Waals surface area (Å²) in [5.74, 6) is -0.255. The van der Waals surface area contributed by atoms with E-state index < -0.39 is 18.1 Å². The summed E-state index contributed by atoms with van der Waals surface area (Å²) in [6.07, 6.45) is 2.40. The molecule has 1 aliphatic carbocycles. The molecule has 1 saturated carbocycles. The fourth-order valence-corrected chi connectivity index (χ4v) is 4.77. The van der Waals surface area contributed by atoms with Gasteiger partial charge in [0.15, 0.2) is 11.5 Å². The van der Waals surface area contributed by atoms with Gasteiger partial charge in [0.2, 0.25) is 11.8 Å². The van der Waals surface area contributed by atoms with Crippen LogP contribution in [0.1, 0.15) is 54.9 Å². The third-order valence-corrected chi connectivity index (χ3v) is 7.15. The van der Waals surface area contributed by atoms with Crippen LogP contribution < -0.4 is 14.8 Å². The van der Waals surface area contributed by atoms with Crippen LogP contribution in [-0.4, -0.2) is 72.4 Å². The first-order valence-corrected chi connectivity index (χ1v) is 12.9. The quantitative estimate of drug-likeness (QED) is 0.492. The third kappa shape index (κ3) is 6.82. The van der Waals surface area contributed by atoms with E-state index in [2.05, 4.69) is 15.0 Å². The van der Waals surface area contributed by atoms with Gasteiger partial charge in [-0.15, -0.1) is 0 Å². The Morgan fingerprint density at radius 3 is 2.56 bits per heavy atom. The highest BCUT2D eigenvalue weighted by Gasteiger charge is 2.46. The second kappa shape index (κ2) is 11.5. The minimum atomic E-state index is -2.99. The highest BCUT2D eigenvalue weighted by atomic mass is 19.3. The smallest absolute Gasteiger partial charge is 0.387 e. The molecule has 11 heteroatoms. The van der Waals surface area contributed by atoms with Gasteiger partial charge < -0.3 is 24.6 Å². The lowest BCUT2D eigenvalue weighted by Crippen LogP contribution is -2.45. The molecule has 2 aromatic rings. The summed E-state index contributed by atoms with van der Waals surface area (Å²) in [5, 5.41) is 2.84. The van der Waals surface area contributed by atoms with Crippen LogP contribution in [0.2, 0.25) is 0 Å². The minimum Gasteiger partial charge on any atom is -0.489 e. The Kier molecular flexibility index (Phi) is 8.36. The molecule has 1 N–H and O–H groups in total. The topological polar surface area (TPSA) is 101 Å². The fraction of sp³-hybridized carbons (Fsp3) is 0.500. The number of ether oxygens (including phenoxy) is 2. The highest BCUT2D eigenvalue weighted by molar-refractivity contribution is 5.92. The average Bonchev–Trinajstić information content (AvgIpc) is 3.65. The first-order chi connectivity index (χ1) is 18.5. The van der Waals surface area contributed by atoms with E-state index in [4.69, 9.17) is 4.74 Å². The molecular weight excluding hydrogens is 510 g/mol. The molecule has 3 amide bonds. The van der Waals surface area contributed by atoms with Crippen molar-refractivity contribution < 1.29 is 32.6 Å². The normalized spacial score (nSPS) is 20.6. The maximum Gasteiger partial charge on any atom is 0.387 e. The van der Waals surface area contributed by atoms with Crippen LogP contribution in [0.25, 0.3) is 0 Å². The standard InChI is InChI=1S/C28H34F2N4O5/c1-17(35)34-16-28(2,19-10-11-23(39-27(29)30)24(12-19)38-15-18-8-9-18)13-22(34)25(36)31-14-20-6-5-7-21(32-20)26(37)33(3)4/h5-7,10-12,18,22,27H,8-9,13-16H2,1-4H3,(H,31,36)/t22-,28?/m1/s1. The fourth-order valence-electron chi connectivity index (χ4n) is 4.77. The first kappa shape index (κ1) is 28.3. The largest absolute Gasteiger partial charge is 0.489 e. The maximum atomic E-state index is 13.3. The number of alkyl halides is 2. The summed E-state index contributed by atoms with van der Waals surface area (Å²) >= 11 is 0. The van der Waals surface area contributed by atoms with E-state index in [0.717, 1.165) is 18.4 Å². The number of nitrogens with one attached hydrogen (secondary N) is 1. The van der Waals surface area contributed by atoms with Crippen molar-refractivity contribution in [3.8, 4) is 11.5 Å². The molecule has 1 aliphatic heterocycles. The SMILES string of the molecule is CC(=O)N1CC(C)(c2ccc(OC(F)F)c(OCC3CC3)c2)C[C@@H]1C(=O)NCc1cccc(C(=O)N(C)C)n1. The number of pyridine rings is 1. The van der Waals surface area contributed by atoms with Crippen molar-refractivity contribution in [2.24, 2.45) is 5.92 Å². The van der Waals surface area contributed by atoms with Gasteiger partial charge in [0, 0.05) is 33.0 Å². The van der Waals surface area contributed by atoms with E-state index in [9.17, 15) is 23.2 Å². The molecule has 2 aliphatic rings. The zero-order valence-corrected chi connectivity index (χ0v) is 22.6. The Morgan fingerprint density at radius 2 is 1.92 bits per heavy atom. The van der Waals surface area contributed by atoms with Gasteiger partial charge in [0.05, 0.1) is 18.8 Å². The van der Waals surface area contributed by atoms with Gasteiger partial charge in [0.1, 0.15) is 11.7 Å². The number of carbonyl (C=O) groups is 3. The monoisotopic (exact) mass is 544 g/mol. The van der Waals surface area contributed by atoms with E-state index in [1.807, 2.05) is 6.92 Å². The second-order valence-corrected chi connectivity index (χ2v) is 10.7. The number of nitrogens with zero attached hydrogens (tertiary/aromatic N) is 3. The Bertz CT molecular complexity index is 1240. The third-order valence-electron chi connectivity index (χ3n) is 7.15. The van der Waals surface area contributed by atoms with Crippen LogP contribution in [0.4, 0.5) is 8.78 Å². The number of amides is 3. The van der Waals surface area contributed by atoms with Gasteiger partial charge in [-0.2, -0.15) is 8.78 Å². The lowest BCUT2D eigenvalue weighted by molar-refractivity contribution is -0.137. The molecule has 1 unspecified atom stereocenters. The van der Waals surface area contributed by atoms with E-state index in [0.29, 0.717) is 24.6 Å². The van der Waals surface area contributed by atoms with Gasteiger partial charge >= 0.3 is 6.61 Å². The van der Waals surface area contributed by atoms with Crippen molar-refractivity contribution in [3.63, 3.8) is 0 Å². The van der Waals surface area contributed by atoms with Gasteiger partial charge in [0.25, 0.3) is 5.91 Å². The number of carbonyl (C=O) groups excluding carboxylic acids is 3. The summed E-state index contributed by atoms with van der Waals surface area (Å²) in [6, 6.07) is 9.08. The molecule has 4 rings (SSSR count). The van der Waals surface area contributed by atoms with E-state index in [1.54, 1.807) is 44.4 Å². The van der Waals surface area contributed by atoms with Crippen molar-refractivity contribution in [2.75, 3.05) is 27.2 Å².